The fraction of sp³-hybridized carbons (Fsp3) is 0.143. The molecule has 1 rings (SSSR count). The van der Waals surface area contributed by atoms with Crippen molar-refractivity contribution in [2.75, 3.05) is 5.88 Å². The van der Waals surface area contributed by atoms with Crippen molar-refractivity contribution in [2.45, 2.75) is 0 Å². The lowest BCUT2D eigenvalue weighted by Gasteiger charge is -1.98. The van der Waals surface area contributed by atoms with E-state index in [9.17, 15) is 8.42 Å². The molecule has 0 bridgehead atoms. The smallest absolute Gasteiger partial charge is 0.284 e. The molecule has 1 aromatic carbocycles. The van der Waals surface area contributed by atoms with Gasteiger partial charge in [0.05, 0.1) is 5.69 Å². The molecular formula is C7H8NO3S. The molecule has 1 aromatic rings. The van der Waals surface area contributed by atoms with E-state index in [4.69, 9.17) is 4.55 Å². The molecule has 0 aromatic heterocycles. The first kappa shape index (κ1) is 9.02. The highest BCUT2D eigenvalue weighted by Gasteiger charge is 2.03. The molecule has 0 spiro atoms. The summed E-state index contributed by atoms with van der Waals surface area (Å²) in [6, 6.07) is 8.59. The predicted molar refractivity (Wildman–Crippen MR) is 44.7 cm³/mol. The van der Waals surface area contributed by atoms with Crippen LogP contribution in [0.4, 0.5) is 5.69 Å². The van der Waals surface area contributed by atoms with E-state index in [1.54, 1.807) is 30.3 Å². The highest BCUT2D eigenvalue weighted by Crippen LogP contribution is 2.04. The lowest BCUT2D eigenvalue weighted by molar-refractivity contribution is 0.480. The van der Waals surface area contributed by atoms with Gasteiger partial charge in [0.15, 0.2) is 5.88 Å². The number of benzene rings is 1. The van der Waals surface area contributed by atoms with E-state index in [1.807, 2.05) is 0 Å². The molecule has 0 aliphatic heterocycles. The van der Waals surface area contributed by atoms with Gasteiger partial charge < -0.3 is 0 Å². The van der Waals surface area contributed by atoms with Gasteiger partial charge in [0.2, 0.25) is 0 Å². The van der Waals surface area contributed by atoms with Crippen molar-refractivity contribution in [2.24, 2.45) is 0 Å². The van der Waals surface area contributed by atoms with Crippen LogP contribution >= 0.6 is 0 Å². The van der Waals surface area contributed by atoms with Crippen molar-refractivity contribution in [1.82, 2.24) is 5.32 Å². The van der Waals surface area contributed by atoms with Gasteiger partial charge in [0.1, 0.15) is 0 Å². The molecule has 12 heavy (non-hydrogen) atoms. The first-order chi connectivity index (χ1) is 5.58. The standard InChI is InChI=1S/C7H8NO3S/c9-12(10,11)6-8-7-4-2-1-3-5-7/h1-5H,6H2,(H,9,10,11). The minimum atomic E-state index is -3.99. The number of hydrogen-bond donors (Lipinski definition) is 1. The highest BCUT2D eigenvalue weighted by atomic mass is 32.2. The van der Waals surface area contributed by atoms with Crippen LogP contribution in [0.3, 0.4) is 0 Å². The maximum atomic E-state index is 10.3. The van der Waals surface area contributed by atoms with Gasteiger partial charge in [-0.25, -0.2) is 0 Å². The molecule has 0 aliphatic carbocycles. The summed E-state index contributed by atoms with van der Waals surface area (Å²) in [6.45, 7) is 0. The van der Waals surface area contributed by atoms with Gasteiger partial charge in [0.25, 0.3) is 10.1 Å². The zero-order valence-electron chi connectivity index (χ0n) is 6.21. The van der Waals surface area contributed by atoms with Gasteiger partial charge in [-0.3, -0.25) is 9.87 Å². The fourth-order valence-electron chi connectivity index (χ4n) is 0.690. The third kappa shape index (κ3) is 3.36. The largest absolute Gasteiger partial charge is 0.285 e. The summed E-state index contributed by atoms with van der Waals surface area (Å²) in [4.78, 5) is 0. The van der Waals surface area contributed by atoms with E-state index in [0.29, 0.717) is 5.69 Å². The maximum Gasteiger partial charge on any atom is 0.285 e. The Morgan fingerprint density at radius 1 is 1.25 bits per heavy atom. The van der Waals surface area contributed by atoms with E-state index in [-0.39, 0.29) is 0 Å². The fourth-order valence-corrected chi connectivity index (χ4v) is 1.00. The van der Waals surface area contributed by atoms with E-state index < -0.39 is 16.0 Å². The van der Waals surface area contributed by atoms with Crippen LogP contribution in [0.25, 0.3) is 0 Å². The molecule has 5 heteroatoms. The first-order valence-electron chi connectivity index (χ1n) is 3.26. The first-order valence-corrected chi connectivity index (χ1v) is 4.86. The van der Waals surface area contributed by atoms with Crippen LogP contribution in [-0.4, -0.2) is 18.8 Å². The summed E-state index contributed by atoms with van der Waals surface area (Å²) in [7, 11) is -3.99. The van der Waals surface area contributed by atoms with Crippen LogP contribution in [0.15, 0.2) is 30.3 Å². The van der Waals surface area contributed by atoms with Crippen molar-refractivity contribution in [3.05, 3.63) is 30.3 Å². The minimum absolute atomic E-state index is 0.537. The Labute approximate surface area is 71.0 Å². The summed E-state index contributed by atoms with van der Waals surface area (Å²) in [5, 5.41) is 3.64. The van der Waals surface area contributed by atoms with Crippen LogP contribution in [0.2, 0.25) is 0 Å². The van der Waals surface area contributed by atoms with Crippen LogP contribution in [0.1, 0.15) is 0 Å². The molecule has 0 fully saturated rings. The van der Waals surface area contributed by atoms with Gasteiger partial charge in [0, 0.05) is 0 Å². The minimum Gasteiger partial charge on any atom is -0.284 e. The van der Waals surface area contributed by atoms with Gasteiger partial charge in [-0.05, 0) is 12.1 Å². The van der Waals surface area contributed by atoms with Gasteiger partial charge in [-0.1, -0.05) is 18.2 Å². The van der Waals surface area contributed by atoms with Crippen molar-refractivity contribution < 1.29 is 13.0 Å². The Kier molecular flexibility index (Phi) is 2.67. The second-order valence-corrected chi connectivity index (χ2v) is 3.63. The van der Waals surface area contributed by atoms with Gasteiger partial charge >= 0.3 is 0 Å². The molecule has 0 saturated heterocycles. The quantitative estimate of drug-likeness (QED) is 0.709. The van der Waals surface area contributed by atoms with Gasteiger partial charge in [-0.2, -0.15) is 8.42 Å². The Hall–Kier alpha value is -1.07. The third-order valence-electron chi connectivity index (χ3n) is 1.17. The lowest BCUT2D eigenvalue weighted by Crippen LogP contribution is -2.11. The average Bonchev–Trinajstić information content (AvgIpc) is 2.02. The Bertz CT molecular complexity index is 333. The van der Waals surface area contributed by atoms with Gasteiger partial charge in [-0.15, -0.1) is 0 Å². The zero-order valence-corrected chi connectivity index (χ0v) is 7.03. The summed E-state index contributed by atoms with van der Waals surface area (Å²) >= 11 is 0. The van der Waals surface area contributed by atoms with E-state index >= 15 is 0 Å². The second kappa shape index (κ2) is 3.55. The summed E-state index contributed by atoms with van der Waals surface area (Å²) in [5.41, 5.74) is 0.537. The maximum absolute atomic E-state index is 10.3. The van der Waals surface area contributed by atoms with E-state index in [0.717, 1.165) is 0 Å². The number of nitrogens with zero attached hydrogens (tertiary/aromatic N) is 1. The molecule has 0 aliphatic rings. The molecule has 4 nitrogen and oxygen atoms in total. The zero-order chi connectivity index (χ0) is 9.03. The molecule has 1 N–H and O–H groups in total. The molecule has 65 valence electrons. The second-order valence-electron chi connectivity index (χ2n) is 2.20. The summed E-state index contributed by atoms with van der Waals surface area (Å²) < 4.78 is 28.9. The average molecular weight is 186 g/mol. The number of rotatable bonds is 3. The van der Waals surface area contributed by atoms with Crippen molar-refractivity contribution in [3.8, 4) is 0 Å². The summed E-state index contributed by atoms with van der Waals surface area (Å²) in [5.74, 6) is -0.586. The summed E-state index contributed by atoms with van der Waals surface area (Å²) in [6.07, 6.45) is 0. The van der Waals surface area contributed by atoms with Crippen molar-refractivity contribution in [3.63, 3.8) is 0 Å². The highest BCUT2D eigenvalue weighted by molar-refractivity contribution is 7.85. The topological polar surface area (TPSA) is 68.5 Å². The molecule has 0 amide bonds. The number of hydrogen-bond acceptors (Lipinski definition) is 2. The van der Waals surface area contributed by atoms with Crippen molar-refractivity contribution in [1.29, 1.82) is 0 Å². The number of para-hydroxylation sites is 1. The van der Waals surface area contributed by atoms with E-state index in [2.05, 4.69) is 5.32 Å². The SMILES string of the molecule is O=S(=O)(O)C[N]c1ccccc1. The van der Waals surface area contributed by atoms with Crippen LogP contribution in [0.5, 0.6) is 0 Å². The Morgan fingerprint density at radius 2 is 1.83 bits per heavy atom. The van der Waals surface area contributed by atoms with Crippen molar-refractivity contribution >= 4 is 15.8 Å². The molecule has 0 heterocycles. The van der Waals surface area contributed by atoms with Crippen LogP contribution in [0, 0.1) is 0 Å². The molecule has 0 unspecified atom stereocenters. The molecule has 0 saturated carbocycles. The monoisotopic (exact) mass is 186 g/mol. The Morgan fingerprint density at radius 3 is 2.33 bits per heavy atom. The predicted octanol–water partition coefficient (Wildman–Crippen LogP) is 0.768. The lowest BCUT2D eigenvalue weighted by atomic mass is 10.3. The van der Waals surface area contributed by atoms with Crippen LogP contribution < -0.4 is 5.32 Å². The van der Waals surface area contributed by atoms with Crippen LogP contribution in [-0.2, 0) is 10.1 Å². The normalized spacial score (nSPS) is 11.1. The Balaban J connectivity index is 2.56. The molecule has 0 atom stereocenters. The van der Waals surface area contributed by atoms with E-state index in [1.165, 1.54) is 0 Å². The molecular weight excluding hydrogens is 178 g/mol. The molecule has 1 radical (unpaired) electrons. The third-order valence-corrected chi connectivity index (χ3v) is 1.62.